The van der Waals surface area contributed by atoms with Gasteiger partial charge in [0.25, 0.3) is 0 Å². The maximum absolute atomic E-state index is 13.7. The van der Waals surface area contributed by atoms with Crippen LogP contribution in [0.1, 0.15) is 36.8 Å². The van der Waals surface area contributed by atoms with Crippen molar-refractivity contribution >= 4 is 16.9 Å². The number of aliphatic imine (C=N–C) groups is 1. The molecule has 118 valence electrons. The van der Waals surface area contributed by atoms with Crippen LogP contribution >= 0.6 is 11.8 Å². The summed E-state index contributed by atoms with van der Waals surface area (Å²) in [5, 5.41) is 4.50. The van der Waals surface area contributed by atoms with Crippen LogP contribution in [0.2, 0.25) is 0 Å². The van der Waals surface area contributed by atoms with Crippen LogP contribution in [-0.4, -0.2) is 24.0 Å². The van der Waals surface area contributed by atoms with Crippen LogP contribution in [-0.2, 0) is 17.1 Å². The predicted molar refractivity (Wildman–Crippen MR) is 84.6 cm³/mol. The second-order valence-electron chi connectivity index (χ2n) is 5.99. The lowest BCUT2D eigenvalue weighted by Gasteiger charge is -2.23. The Hall–Kier alpha value is -1.27. The van der Waals surface area contributed by atoms with Crippen molar-refractivity contribution in [3.63, 3.8) is 0 Å². The number of hydrogen-bond acceptors (Lipinski definition) is 5. The summed E-state index contributed by atoms with van der Waals surface area (Å²) >= 11 is 1.64. The molecule has 4 nitrogen and oxygen atoms in total. The predicted octanol–water partition coefficient (Wildman–Crippen LogP) is 3.20. The highest BCUT2D eigenvalue weighted by atomic mass is 32.2. The molecule has 1 aromatic carbocycles. The van der Waals surface area contributed by atoms with Gasteiger partial charge < -0.3 is 14.8 Å². The number of rotatable bonds is 2. The Labute approximate surface area is 133 Å². The lowest BCUT2D eigenvalue weighted by atomic mass is 9.92. The number of amidine groups is 1. The highest BCUT2D eigenvalue weighted by Crippen LogP contribution is 2.33. The molecule has 0 amide bonds. The summed E-state index contributed by atoms with van der Waals surface area (Å²) in [6.07, 6.45) is 4.94. The molecule has 3 aliphatic rings. The molecule has 2 heterocycles. The molecule has 1 N–H and O–H groups in total. The molecule has 1 fully saturated rings. The summed E-state index contributed by atoms with van der Waals surface area (Å²) in [5.74, 6) is 1.19. The third-order valence-electron chi connectivity index (χ3n) is 4.44. The first-order chi connectivity index (χ1) is 10.8. The second-order valence-corrected chi connectivity index (χ2v) is 6.95. The Morgan fingerprint density at radius 3 is 3.14 bits per heavy atom. The van der Waals surface area contributed by atoms with Crippen molar-refractivity contribution in [1.82, 2.24) is 5.32 Å². The Bertz CT molecular complexity index is 608. The molecule has 0 bridgehead atoms. The molecule has 1 aromatic rings. The minimum Gasteiger partial charge on any atom is -0.467 e. The molecular formula is C16H19FN2O2S. The van der Waals surface area contributed by atoms with Gasteiger partial charge in [-0.2, -0.15) is 0 Å². The maximum atomic E-state index is 13.7. The molecule has 2 aliphatic heterocycles. The van der Waals surface area contributed by atoms with Crippen molar-refractivity contribution in [2.24, 2.45) is 4.99 Å². The van der Waals surface area contributed by atoms with Crippen molar-refractivity contribution in [3.8, 4) is 5.75 Å². The molecule has 6 heteroatoms. The van der Waals surface area contributed by atoms with Gasteiger partial charge in [0.15, 0.2) is 12.0 Å². The Balaban J connectivity index is 1.47. The van der Waals surface area contributed by atoms with Crippen LogP contribution < -0.4 is 10.1 Å². The van der Waals surface area contributed by atoms with Gasteiger partial charge in [-0.15, -0.1) is 0 Å². The van der Waals surface area contributed by atoms with E-state index in [0.717, 1.165) is 22.0 Å². The van der Waals surface area contributed by atoms with E-state index in [9.17, 15) is 4.39 Å². The zero-order valence-electron chi connectivity index (χ0n) is 12.3. The summed E-state index contributed by atoms with van der Waals surface area (Å²) < 4.78 is 24.5. The molecule has 0 saturated heterocycles. The van der Waals surface area contributed by atoms with Gasteiger partial charge in [-0.05, 0) is 25.0 Å². The quantitative estimate of drug-likeness (QED) is 0.908. The third kappa shape index (κ3) is 2.82. The molecule has 1 aliphatic carbocycles. The minimum absolute atomic E-state index is 0.236. The summed E-state index contributed by atoms with van der Waals surface area (Å²) in [5.41, 5.74) is 1.67. The first kappa shape index (κ1) is 14.3. The van der Waals surface area contributed by atoms with E-state index in [4.69, 9.17) is 14.5 Å². The lowest BCUT2D eigenvalue weighted by Crippen LogP contribution is -2.36. The van der Waals surface area contributed by atoms with Gasteiger partial charge in [-0.3, -0.25) is 4.99 Å². The highest BCUT2D eigenvalue weighted by Gasteiger charge is 2.31. The zero-order chi connectivity index (χ0) is 14.9. The third-order valence-corrected chi connectivity index (χ3v) is 5.39. The van der Waals surface area contributed by atoms with Crippen LogP contribution in [0.15, 0.2) is 17.1 Å². The zero-order valence-corrected chi connectivity index (χ0v) is 13.1. The molecule has 22 heavy (non-hydrogen) atoms. The molecule has 2 atom stereocenters. The van der Waals surface area contributed by atoms with Crippen molar-refractivity contribution in [3.05, 3.63) is 29.1 Å². The Morgan fingerprint density at radius 1 is 1.32 bits per heavy atom. The maximum Gasteiger partial charge on any atom is 0.189 e. The van der Waals surface area contributed by atoms with Crippen LogP contribution in [0, 0.1) is 5.82 Å². The number of ether oxygens (including phenoxy) is 2. The van der Waals surface area contributed by atoms with Gasteiger partial charge >= 0.3 is 0 Å². The van der Waals surface area contributed by atoms with E-state index in [1.165, 1.54) is 31.7 Å². The van der Waals surface area contributed by atoms with Crippen LogP contribution in [0.4, 0.5) is 4.39 Å². The molecule has 0 radical (unpaired) electrons. The Morgan fingerprint density at radius 2 is 2.23 bits per heavy atom. The van der Waals surface area contributed by atoms with Gasteiger partial charge in [-0.25, -0.2) is 4.39 Å². The van der Waals surface area contributed by atoms with Gasteiger partial charge in [0.05, 0.1) is 18.7 Å². The van der Waals surface area contributed by atoms with E-state index in [-0.39, 0.29) is 12.6 Å². The number of halogens is 1. The molecule has 1 saturated carbocycles. The van der Waals surface area contributed by atoms with E-state index in [2.05, 4.69) is 5.32 Å². The van der Waals surface area contributed by atoms with Gasteiger partial charge in [0.2, 0.25) is 0 Å². The molecule has 4 rings (SSSR count). The van der Waals surface area contributed by atoms with Gasteiger partial charge in [0.1, 0.15) is 11.6 Å². The normalized spacial score (nSPS) is 26.5. The summed E-state index contributed by atoms with van der Waals surface area (Å²) in [6.45, 7) is 0.647. The molecule has 0 aromatic heterocycles. The van der Waals surface area contributed by atoms with Crippen LogP contribution in [0.5, 0.6) is 5.75 Å². The van der Waals surface area contributed by atoms with Crippen LogP contribution in [0.25, 0.3) is 0 Å². The van der Waals surface area contributed by atoms with E-state index in [0.29, 0.717) is 24.4 Å². The SMILES string of the molecule is Fc1cc2c(c(CSC3=NC4CCCCC4N3)c1)OCOC2. The smallest absolute Gasteiger partial charge is 0.189 e. The monoisotopic (exact) mass is 322 g/mol. The first-order valence-corrected chi connectivity index (χ1v) is 8.77. The van der Waals surface area contributed by atoms with E-state index in [1.807, 2.05) is 0 Å². The first-order valence-electron chi connectivity index (χ1n) is 7.78. The number of fused-ring (bicyclic) bond motifs is 2. The molecule has 2 unspecified atom stereocenters. The number of nitrogens with one attached hydrogen (secondary N) is 1. The largest absolute Gasteiger partial charge is 0.467 e. The summed E-state index contributed by atoms with van der Waals surface area (Å²) in [7, 11) is 0. The van der Waals surface area contributed by atoms with Crippen molar-refractivity contribution in [1.29, 1.82) is 0 Å². The van der Waals surface area contributed by atoms with E-state index in [1.54, 1.807) is 17.8 Å². The highest BCUT2D eigenvalue weighted by molar-refractivity contribution is 8.13. The van der Waals surface area contributed by atoms with Gasteiger partial charge in [-0.1, -0.05) is 24.6 Å². The van der Waals surface area contributed by atoms with Crippen LogP contribution in [0.3, 0.4) is 0 Å². The average molecular weight is 322 g/mol. The summed E-state index contributed by atoms with van der Waals surface area (Å²) in [4.78, 5) is 4.77. The minimum atomic E-state index is -0.238. The fourth-order valence-corrected chi connectivity index (χ4v) is 4.32. The topological polar surface area (TPSA) is 42.9 Å². The van der Waals surface area contributed by atoms with Crippen molar-refractivity contribution < 1.29 is 13.9 Å². The van der Waals surface area contributed by atoms with E-state index < -0.39 is 0 Å². The van der Waals surface area contributed by atoms with E-state index >= 15 is 0 Å². The number of thioether (sulfide) groups is 1. The second kappa shape index (κ2) is 6.08. The number of hydrogen-bond donors (Lipinski definition) is 1. The Kier molecular flexibility index (Phi) is 3.96. The van der Waals surface area contributed by atoms with Crippen molar-refractivity contribution in [2.45, 2.75) is 50.1 Å². The standard InChI is InChI=1S/C16H19FN2O2S/c17-12-5-10-7-20-9-21-15(10)11(6-12)8-22-16-18-13-3-1-2-4-14(13)19-16/h5-6,13-14H,1-4,7-9H2,(H,18,19). The molecular weight excluding hydrogens is 303 g/mol. The lowest BCUT2D eigenvalue weighted by molar-refractivity contribution is -0.0171. The number of benzene rings is 1. The summed E-state index contributed by atoms with van der Waals surface area (Å²) in [6, 6.07) is 3.98. The van der Waals surface area contributed by atoms with Crippen molar-refractivity contribution in [2.75, 3.05) is 6.79 Å². The fraction of sp³-hybridized carbons (Fsp3) is 0.562. The van der Waals surface area contributed by atoms with Gasteiger partial charge in [0, 0.05) is 16.9 Å². The number of nitrogens with zero attached hydrogens (tertiary/aromatic N) is 1. The average Bonchev–Trinajstić information content (AvgIpc) is 2.95. The fourth-order valence-electron chi connectivity index (χ4n) is 3.37. The molecule has 0 spiro atoms.